The Morgan fingerprint density at radius 3 is 2.51 bits per heavy atom. The Morgan fingerprint density at radius 1 is 0.838 bits per heavy atom. The predicted octanol–water partition coefficient (Wildman–Crippen LogP) is 9.81. The van der Waals surface area contributed by atoms with Crippen molar-refractivity contribution in [2.75, 3.05) is 0 Å². The molecule has 0 saturated carbocycles. The summed E-state index contributed by atoms with van der Waals surface area (Å²) in [5.74, 6) is 0. The lowest BCUT2D eigenvalue weighted by atomic mass is 9.90. The first kappa shape index (κ1) is 21.8. The van der Waals surface area contributed by atoms with Gasteiger partial charge in [-0.1, -0.05) is 84.9 Å². The van der Waals surface area contributed by atoms with Gasteiger partial charge in [0.15, 0.2) is 0 Å². The van der Waals surface area contributed by atoms with Gasteiger partial charge in [0.25, 0.3) is 0 Å². The molecule has 0 radical (unpaired) electrons. The molecule has 0 N–H and O–H groups in total. The zero-order valence-electron chi connectivity index (χ0n) is 21.1. The lowest BCUT2D eigenvalue weighted by molar-refractivity contribution is 0.670. The summed E-state index contributed by atoms with van der Waals surface area (Å²) in [7, 11) is 0. The smallest absolute Gasteiger partial charge is 0.143 e. The van der Waals surface area contributed by atoms with Gasteiger partial charge >= 0.3 is 0 Å². The molecule has 0 bridgehead atoms. The fraction of sp³-hybridized carbons (Fsp3) is 0.114. The van der Waals surface area contributed by atoms with E-state index in [0.717, 1.165) is 52.1 Å². The second kappa shape index (κ2) is 8.60. The Labute approximate surface area is 216 Å². The molecule has 0 saturated heterocycles. The number of hydrogen-bond acceptors (Lipinski definition) is 2. The van der Waals surface area contributed by atoms with Crippen LogP contribution < -0.4 is 0 Å². The van der Waals surface area contributed by atoms with E-state index < -0.39 is 0 Å². The maximum absolute atomic E-state index is 6.62. The Hall–Kier alpha value is -4.43. The topological polar surface area (TPSA) is 25.5 Å². The van der Waals surface area contributed by atoms with E-state index >= 15 is 0 Å². The SMILES string of the molecule is CC(=Nc1ccccc1C)c1ccc(-c2cc3ccccc3c3c2oc2ccc4c(c23)C=CCC4)cc1. The molecule has 1 aromatic heterocycles. The first-order chi connectivity index (χ1) is 18.2. The number of aryl methyl sites for hydroxylation is 2. The number of furan rings is 1. The molecule has 0 spiro atoms. The molecule has 0 aliphatic heterocycles. The van der Waals surface area contributed by atoms with Gasteiger partial charge in [-0.25, -0.2) is 0 Å². The van der Waals surface area contributed by atoms with E-state index in [-0.39, 0.29) is 0 Å². The Balaban J connectivity index is 1.42. The van der Waals surface area contributed by atoms with Crippen LogP contribution in [0, 0.1) is 6.92 Å². The van der Waals surface area contributed by atoms with E-state index in [4.69, 9.17) is 9.41 Å². The summed E-state index contributed by atoms with van der Waals surface area (Å²) in [6, 6.07) is 32.3. The average molecular weight is 478 g/mol. The van der Waals surface area contributed by atoms with Gasteiger partial charge in [-0.15, -0.1) is 0 Å². The lowest BCUT2D eigenvalue weighted by Gasteiger charge is -2.12. The third-order valence-corrected chi connectivity index (χ3v) is 7.64. The van der Waals surface area contributed by atoms with Gasteiger partial charge in [0, 0.05) is 22.0 Å². The van der Waals surface area contributed by atoms with Gasteiger partial charge in [-0.05, 0) is 83.5 Å². The number of hydrogen-bond donors (Lipinski definition) is 0. The van der Waals surface area contributed by atoms with E-state index in [9.17, 15) is 0 Å². The van der Waals surface area contributed by atoms with Crippen LogP contribution in [0.2, 0.25) is 0 Å². The van der Waals surface area contributed by atoms with Crippen LogP contribution in [-0.4, -0.2) is 5.71 Å². The zero-order chi connectivity index (χ0) is 24.9. The predicted molar refractivity (Wildman–Crippen MR) is 157 cm³/mol. The summed E-state index contributed by atoms with van der Waals surface area (Å²) in [6.07, 6.45) is 6.74. The molecule has 0 amide bonds. The highest BCUT2D eigenvalue weighted by Crippen LogP contribution is 2.43. The molecule has 0 atom stereocenters. The number of allylic oxidation sites excluding steroid dienone is 1. The minimum atomic E-state index is 0.954. The Morgan fingerprint density at radius 2 is 1.65 bits per heavy atom. The van der Waals surface area contributed by atoms with Crippen LogP contribution >= 0.6 is 0 Å². The fourth-order valence-corrected chi connectivity index (χ4v) is 5.67. The van der Waals surface area contributed by atoms with E-state index in [1.165, 1.54) is 38.2 Å². The summed E-state index contributed by atoms with van der Waals surface area (Å²) in [5.41, 5.74) is 11.2. The highest BCUT2D eigenvalue weighted by atomic mass is 16.3. The van der Waals surface area contributed by atoms with Crippen molar-refractivity contribution in [1.82, 2.24) is 0 Å². The number of aliphatic imine (C=N–C) groups is 1. The molecule has 5 aromatic carbocycles. The number of nitrogens with zero attached hydrogens (tertiary/aromatic N) is 1. The van der Waals surface area contributed by atoms with Crippen molar-refractivity contribution >= 4 is 50.2 Å². The van der Waals surface area contributed by atoms with Crippen LogP contribution in [-0.2, 0) is 6.42 Å². The molecule has 2 nitrogen and oxygen atoms in total. The first-order valence-corrected chi connectivity index (χ1v) is 13.0. The highest BCUT2D eigenvalue weighted by Gasteiger charge is 2.20. The van der Waals surface area contributed by atoms with Crippen molar-refractivity contribution in [1.29, 1.82) is 0 Å². The van der Waals surface area contributed by atoms with Crippen molar-refractivity contribution in [2.24, 2.45) is 4.99 Å². The molecule has 2 heteroatoms. The third kappa shape index (κ3) is 3.60. The second-order valence-corrected chi connectivity index (χ2v) is 9.97. The van der Waals surface area contributed by atoms with Crippen LogP contribution in [0.4, 0.5) is 5.69 Å². The summed E-state index contributed by atoms with van der Waals surface area (Å²) in [4.78, 5) is 4.88. The van der Waals surface area contributed by atoms with Gasteiger partial charge in [-0.2, -0.15) is 0 Å². The van der Waals surface area contributed by atoms with Crippen molar-refractivity contribution < 1.29 is 4.42 Å². The monoisotopic (exact) mass is 477 g/mol. The first-order valence-electron chi connectivity index (χ1n) is 13.0. The van der Waals surface area contributed by atoms with Crippen LogP contribution in [0.25, 0.3) is 49.9 Å². The molecule has 1 aliphatic rings. The minimum absolute atomic E-state index is 0.954. The number of fused-ring (bicyclic) bond motifs is 7. The molecule has 1 aliphatic carbocycles. The zero-order valence-corrected chi connectivity index (χ0v) is 21.1. The standard InChI is InChI=1S/C35H27NO/c1-22-9-3-8-14-31(22)36-23(2)24-15-17-26(18-16-24)30-21-27-11-5-7-13-29(27)34-33-28-12-6-4-10-25(28)19-20-32(33)37-35(30)34/h3,5-9,11-21H,4,10H2,1-2H3. The number of rotatable bonds is 3. The molecule has 37 heavy (non-hydrogen) atoms. The minimum Gasteiger partial charge on any atom is -0.455 e. The molecular weight excluding hydrogens is 450 g/mol. The number of benzene rings is 5. The van der Waals surface area contributed by atoms with E-state index in [1.807, 2.05) is 12.1 Å². The Kier molecular flexibility index (Phi) is 5.07. The molecule has 1 heterocycles. The van der Waals surface area contributed by atoms with Gasteiger partial charge in [0.2, 0.25) is 0 Å². The van der Waals surface area contributed by atoms with Crippen LogP contribution in [0.5, 0.6) is 0 Å². The molecule has 0 unspecified atom stereocenters. The van der Waals surface area contributed by atoms with Crippen molar-refractivity contribution in [3.63, 3.8) is 0 Å². The summed E-state index contributed by atoms with van der Waals surface area (Å²) in [6.45, 7) is 4.17. The van der Waals surface area contributed by atoms with Crippen molar-refractivity contribution in [3.8, 4) is 11.1 Å². The van der Waals surface area contributed by atoms with Crippen molar-refractivity contribution in [3.05, 3.63) is 119 Å². The van der Waals surface area contributed by atoms with Gasteiger partial charge in [0.05, 0.1) is 5.69 Å². The van der Waals surface area contributed by atoms with Gasteiger partial charge in [-0.3, -0.25) is 4.99 Å². The normalized spacial score (nSPS) is 13.5. The molecule has 178 valence electrons. The molecule has 7 rings (SSSR count). The largest absolute Gasteiger partial charge is 0.455 e. The lowest BCUT2D eigenvalue weighted by Crippen LogP contribution is -1.94. The molecule has 0 fully saturated rings. The average Bonchev–Trinajstić information content (AvgIpc) is 3.34. The van der Waals surface area contributed by atoms with Gasteiger partial charge in [0.1, 0.15) is 11.2 Å². The van der Waals surface area contributed by atoms with E-state index in [2.05, 4.69) is 105 Å². The summed E-state index contributed by atoms with van der Waals surface area (Å²) in [5, 5.41) is 4.92. The van der Waals surface area contributed by atoms with Crippen LogP contribution in [0.15, 0.2) is 106 Å². The Bertz CT molecular complexity index is 1880. The molecular formula is C35H27NO. The second-order valence-electron chi connectivity index (χ2n) is 9.97. The fourth-order valence-electron chi connectivity index (χ4n) is 5.67. The summed E-state index contributed by atoms with van der Waals surface area (Å²) >= 11 is 0. The van der Waals surface area contributed by atoms with E-state index in [1.54, 1.807) is 0 Å². The maximum Gasteiger partial charge on any atom is 0.143 e. The molecule has 6 aromatic rings. The van der Waals surface area contributed by atoms with E-state index in [0.29, 0.717) is 0 Å². The number of para-hydroxylation sites is 1. The van der Waals surface area contributed by atoms with Crippen LogP contribution in [0.1, 0.15) is 35.6 Å². The van der Waals surface area contributed by atoms with Crippen LogP contribution in [0.3, 0.4) is 0 Å². The summed E-state index contributed by atoms with van der Waals surface area (Å²) < 4.78 is 6.62. The third-order valence-electron chi connectivity index (χ3n) is 7.64. The maximum atomic E-state index is 6.62. The highest BCUT2D eigenvalue weighted by molar-refractivity contribution is 6.24. The van der Waals surface area contributed by atoms with Gasteiger partial charge < -0.3 is 4.42 Å². The van der Waals surface area contributed by atoms with Crippen molar-refractivity contribution in [2.45, 2.75) is 26.7 Å². The quantitative estimate of drug-likeness (QED) is 0.233.